The maximum Gasteiger partial charge on any atom is 0.228 e. The number of carbonyl (C=O) groups is 1. The van der Waals surface area contributed by atoms with Crippen LogP contribution in [0.1, 0.15) is 18.9 Å². The summed E-state index contributed by atoms with van der Waals surface area (Å²) in [6.07, 6.45) is 0.400. The highest BCUT2D eigenvalue weighted by atomic mass is 16.5. The van der Waals surface area contributed by atoms with Crippen LogP contribution in [0.25, 0.3) is 0 Å². The van der Waals surface area contributed by atoms with Gasteiger partial charge in [-0.25, -0.2) is 0 Å². The fourth-order valence-electron chi connectivity index (χ4n) is 2.68. The van der Waals surface area contributed by atoms with Crippen LogP contribution >= 0.6 is 0 Å². The van der Waals surface area contributed by atoms with Gasteiger partial charge in [0.25, 0.3) is 0 Å². The van der Waals surface area contributed by atoms with E-state index >= 15 is 0 Å². The fraction of sp³-hybridized carbons (Fsp3) is 0.350. The largest absolute Gasteiger partial charge is 0.497 e. The Morgan fingerprint density at radius 3 is 2.56 bits per heavy atom. The third-order valence-electron chi connectivity index (χ3n) is 3.99. The Labute approximate surface area is 149 Å². The molecule has 25 heavy (non-hydrogen) atoms. The first-order valence-corrected chi connectivity index (χ1v) is 8.42. The smallest absolute Gasteiger partial charge is 0.228 e. The van der Waals surface area contributed by atoms with Crippen molar-refractivity contribution in [3.63, 3.8) is 0 Å². The Kier molecular flexibility index (Phi) is 6.69. The zero-order valence-electron chi connectivity index (χ0n) is 15.3. The van der Waals surface area contributed by atoms with Crippen LogP contribution in [0.5, 0.6) is 11.5 Å². The molecule has 0 bridgehead atoms. The number of carbonyl (C=O) groups excluding carboxylic acids is 1. The molecule has 1 N–H and O–H groups in total. The summed E-state index contributed by atoms with van der Waals surface area (Å²) in [5, 5.41) is 3.26. The molecule has 5 heteroatoms. The first-order chi connectivity index (χ1) is 12.1. The van der Waals surface area contributed by atoms with Crippen molar-refractivity contribution in [3.05, 3.63) is 48.0 Å². The van der Waals surface area contributed by atoms with E-state index in [-0.39, 0.29) is 5.91 Å². The van der Waals surface area contributed by atoms with E-state index in [0.717, 1.165) is 22.7 Å². The van der Waals surface area contributed by atoms with Crippen molar-refractivity contribution in [1.82, 2.24) is 0 Å². The standard InChI is InChI=1S/C20H26N2O3/c1-5-22(16-8-6-7-15(2)13-16)20(23)11-12-21-18-10-9-17(24-3)14-19(18)25-4/h6-10,13-14,21H,5,11-12H2,1-4H3. The number of benzene rings is 2. The van der Waals surface area contributed by atoms with Crippen molar-refractivity contribution in [2.45, 2.75) is 20.3 Å². The van der Waals surface area contributed by atoms with E-state index < -0.39 is 0 Å². The lowest BCUT2D eigenvalue weighted by Gasteiger charge is -2.22. The minimum Gasteiger partial charge on any atom is -0.497 e. The minimum absolute atomic E-state index is 0.0908. The molecule has 1 amide bonds. The predicted molar refractivity (Wildman–Crippen MR) is 102 cm³/mol. The van der Waals surface area contributed by atoms with Crippen molar-refractivity contribution >= 4 is 17.3 Å². The van der Waals surface area contributed by atoms with Gasteiger partial charge >= 0.3 is 0 Å². The summed E-state index contributed by atoms with van der Waals surface area (Å²) in [4.78, 5) is 14.4. The van der Waals surface area contributed by atoms with E-state index in [4.69, 9.17) is 9.47 Å². The zero-order chi connectivity index (χ0) is 18.2. The van der Waals surface area contributed by atoms with Gasteiger partial charge in [-0.3, -0.25) is 4.79 Å². The molecule has 0 aliphatic rings. The van der Waals surface area contributed by atoms with Crippen LogP contribution in [0, 0.1) is 6.92 Å². The highest BCUT2D eigenvalue weighted by molar-refractivity contribution is 5.93. The molecular formula is C20H26N2O3. The molecule has 0 radical (unpaired) electrons. The molecule has 0 heterocycles. The number of nitrogens with zero attached hydrogens (tertiary/aromatic N) is 1. The number of nitrogens with one attached hydrogen (secondary N) is 1. The molecule has 0 aliphatic carbocycles. The van der Waals surface area contributed by atoms with E-state index in [1.165, 1.54) is 0 Å². The second kappa shape index (κ2) is 8.97. The molecule has 0 aromatic heterocycles. The van der Waals surface area contributed by atoms with Crippen LogP contribution < -0.4 is 19.7 Å². The molecule has 5 nitrogen and oxygen atoms in total. The second-order valence-electron chi connectivity index (χ2n) is 5.72. The Morgan fingerprint density at radius 2 is 1.92 bits per heavy atom. The summed E-state index contributed by atoms with van der Waals surface area (Å²) in [5.41, 5.74) is 2.93. The van der Waals surface area contributed by atoms with Gasteiger partial charge in [0.05, 0.1) is 19.9 Å². The highest BCUT2D eigenvalue weighted by Gasteiger charge is 2.14. The minimum atomic E-state index is 0.0908. The molecule has 0 spiro atoms. The van der Waals surface area contributed by atoms with Crippen LogP contribution in [0.4, 0.5) is 11.4 Å². The van der Waals surface area contributed by atoms with Gasteiger partial charge in [0.15, 0.2) is 0 Å². The molecule has 0 atom stereocenters. The van der Waals surface area contributed by atoms with Gasteiger partial charge in [-0.15, -0.1) is 0 Å². The quantitative estimate of drug-likeness (QED) is 0.791. The van der Waals surface area contributed by atoms with Crippen LogP contribution in [0.2, 0.25) is 0 Å². The Morgan fingerprint density at radius 1 is 1.12 bits per heavy atom. The predicted octanol–water partition coefficient (Wildman–Crippen LogP) is 3.87. The molecular weight excluding hydrogens is 316 g/mol. The second-order valence-corrected chi connectivity index (χ2v) is 5.72. The molecule has 0 aliphatic heterocycles. The lowest BCUT2D eigenvalue weighted by molar-refractivity contribution is -0.118. The lowest BCUT2D eigenvalue weighted by Crippen LogP contribution is -2.31. The maximum atomic E-state index is 12.6. The number of hydrogen-bond acceptors (Lipinski definition) is 4. The monoisotopic (exact) mass is 342 g/mol. The van der Waals surface area contributed by atoms with Crippen molar-refractivity contribution in [2.24, 2.45) is 0 Å². The third kappa shape index (κ3) is 4.89. The van der Waals surface area contributed by atoms with Crippen LogP contribution in [-0.2, 0) is 4.79 Å². The van der Waals surface area contributed by atoms with Gasteiger partial charge in [-0.1, -0.05) is 12.1 Å². The Bertz CT molecular complexity index is 716. The number of rotatable bonds is 8. The number of aryl methyl sites for hydroxylation is 1. The van der Waals surface area contributed by atoms with E-state index in [9.17, 15) is 4.79 Å². The molecule has 0 unspecified atom stereocenters. The van der Waals surface area contributed by atoms with Gasteiger partial charge in [0.1, 0.15) is 11.5 Å². The SMILES string of the molecule is CCN(C(=O)CCNc1ccc(OC)cc1OC)c1cccc(C)c1. The number of ether oxygens (including phenoxy) is 2. The van der Waals surface area contributed by atoms with E-state index in [0.29, 0.717) is 25.3 Å². The summed E-state index contributed by atoms with van der Waals surface area (Å²) in [6.45, 7) is 5.19. The maximum absolute atomic E-state index is 12.6. The lowest BCUT2D eigenvalue weighted by atomic mass is 10.2. The number of amides is 1. The summed E-state index contributed by atoms with van der Waals surface area (Å²) in [7, 11) is 3.23. The van der Waals surface area contributed by atoms with E-state index in [2.05, 4.69) is 5.32 Å². The third-order valence-corrected chi connectivity index (χ3v) is 3.99. The number of methoxy groups -OCH3 is 2. The van der Waals surface area contributed by atoms with Crippen molar-refractivity contribution < 1.29 is 14.3 Å². The van der Waals surface area contributed by atoms with Crippen LogP contribution in [0.3, 0.4) is 0 Å². The molecule has 2 aromatic rings. The molecule has 2 aromatic carbocycles. The molecule has 0 fully saturated rings. The van der Waals surface area contributed by atoms with Crippen LogP contribution in [0.15, 0.2) is 42.5 Å². The molecule has 0 saturated carbocycles. The topological polar surface area (TPSA) is 50.8 Å². The Balaban J connectivity index is 1.97. The van der Waals surface area contributed by atoms with Gasteiger partial charge in [0.2, 0.25) is 5.91 Å². The van der Waals surface area contributed by atoms with Gasteiger partial charge < -0.3 is 19.7 Å². The van der Waals surface area contributed by atoms with E-state index in [1.54, 1.807) is 19.1 Å². The Hall–Kier alpha value is -2.69. The van der Waals surface area contributed by atoms with Gasteiger partial charge in [-0.05, 0) is 43.7 Å². The first-order valence-electron chi connectivity index (χ1n) is 8.42. The van der Waals surface area contributed by atoms with Crippen molar-refractivity contribution in [3.8, 4) is 11.5 Å². The average Bonchev–Trinajstić information content (AvgIpc) is 2.62. The van der Waals surface area contributed by atoms with Gasteiger partial charge in [-0.2, -0.15) is 0 Å². The van der Waals surface area contributed by atoms with Crippen molar-refractivity contribution in [2.75, 3.05) is 37.5 Å². The number of hydrogen-bond donors (Lipinski definition) is 1. The van der Waals surface area contributed by atoms with E-state index in [1.807, 2.05) is 56.3 Å². The molecule has 0 saturated heterocycles. The first kappa shape index (κ1) is 18.6. The zero-order valence-corrected chi connectivity index (χ0v) is 15.3. The van der Waals surface area contributed by atoms with Crippen LogP contribution in [-0.4, -0.2) is 33.2 Å². The normalized spacial score (nSPS) is 10.2. The number of anilines is 2. The van der Waals surface area contributed by atoms with Gasteiger partial charge in [0, 0.05) is 31.3 Å². The molecule has 2 rings (SSSR count). The highest BCUT2D eigenvalue weighted by Crippen LogP contribution is 2.29. The molecule has 134 valence electrons. The summed E-state index contributed by atoms with van der Waals surface area (Å²) in [6, 6.07) is 13.6. The summed E-state index contributed by atoms with van der Waals surface area (Å²) in [5.74, 6) is 1.51. The average molecular weight is 342 g/mol. The summed E-state index contributed by atoms with van der Waals surface area (Å²) >= 11 is 0. The fourth-order valence-corrected chi connectivity index (χ4v) is 2.68. The van der Waals surface area contributed by atoms with Crippen molar-refractivity contribution in [1.29, 1.82) is 0 Å². The summed E-state index contributed by atoms with van der Waals surface area (Å²) < 4.78 is 10.5.